The highest BCUT2D eigenvalue weighted by molar-refractivity contribution is 7.11. The summed E-state index contributed by atoms with van der Waals surface area (Å²) in [5.74, 6) is 0. The van der Waals surface area contributed by atoms with Crippen LogP contribution >= 0.6 is 11.3 Å². The third-order valence-electron chi connectivity index (χ3n) is 3.04. The van der Waals surface area contributed by atoms with Crippen molar-refractivity contribution in [3.05, 3.63) is 15.6 Å². The molecule has 0 radical (unpaired) electrons. The second-order valence-corrected chi connectivity index (χ2v) is 5.98. The van der Waals surface area contributed by atoms with Gasteiger partial charge in [0.25, 0.3) is 0 Å². The van der Waals surface area contributed by atoms with Crippen LogP contribution in [0.25, 0.3) is 0 Å². The number of thiazole rings is 1. The van der Waals surface area contributed by atoms with Crippen molar-refractivity contribution >= 4 is 11.3 Å². The zero-order valence-corrected chi connectivity index (χ0v) is 11.5. The van der Waals surface area contributed by atoms with Gasteiger partial charge in [-0.25, -0.2) is 4.98 Å². The van der Waals surface area contributed by atoms with Gasteiger partial charge in [0.1, 0.15) is 5.01 Å². The second-order valence-electron chi connectivity index (χ2n) is 4.69. The smallest absolute Gasteiger partial charge is 0.107 e. The van der Waals surface area contributed by atoms with Gasteiger partial charge in [0.2, 0.25) is 0 Å². The van der Waals surface area contributed by atoms with E-state index in [2.05, 4.69) is 16.8 Å². The lowest BCUT2D eigenvalue weighted by atomic mass is 10.2. The average molecular weight is 256 g/mol. The Labute approximate surface area is 106 Å². The molecule has 0 bridgehead atoms. The van der Waals surface area contributed by atoms with Gasteiger partial charge in [0.15, 0.2) is 0 Å². The Morgan fingerprint density at radius 2 is 2.24 bits per heavy atom. The van der Waals surface area contributed by atoms with Gasteiger partial charge in [-0.3, -0.25) is 4.90 Å². The highest BCUT2D eigenvalue weighted by Gasteiger charge is 2.25. The molecule has 1 aliphatic rings. The molecule has 0 spiro atoms. The molecule has 0 amide bonds. The molecule has 0 saturated carbocycles. The predicted octanol–water partition coefficient (Wildman–Crippen LogP) is 1.34. The van der Waals surface area contributed by atoms with Crippen LogP contribution in [-0.2, 0) is 11.3 Å². The fourth-order valence-electron chi connectivity index (χ4n) is 2.17. The van der Waals surface area contributed by atoms with Crippen molar-refractivity contribution in [2.24, 2.45) is 0 Å². The van der Waals surface area contributed by atoms with Crippen molar-refractivity contribution in [1.29, 1.82) is 0 Å². The van der Waals surface area contributed by atoms with Gasteiger partial charge in [-0.1, -0.05) is 0 Å². The first-order chi connectivity index (χ1) is 8.08. The molecule has 1 N–H and O–H groups in total. The molecular formula is C12H20N2O2S. The summed E-state index contributed by atoms with van der Waals surface area (Å²) in [6.07, 6.45) is 0.129. The number of morpholine rings is 1. The molecule has 2 unspecified atom stereocenters. The maximum atomic E-state index is 9.18. The second kappa shape index (κ2) is 5.44. The minimum absolute atomic E-state index is 0.0547. The topological polar surface area (TPSA) is 45.6 Å². The summed E-state index contributed by atoms with van der Waals surface area (Å²) >= 11 is 1.76. The van der Waals surface area contributed by atoms with Gasteiger partial charge in [0.05, 0.1) is 31.1 Å². The molecule has 0 aromatic carbocycles. The molecule has 17 heavy (non-hydrogen) atoms. The van der Waals surface area contributed by atoms with E-state index in [9.17, 15) is 5.11 Å². The van der Waals surface area contributed by atoms with Crippen molar-refractivity contribution in [3.8, 4) is 0 Å². The Kier molecular flexibility index (Phi) is 4.14. The molecule has 1 fully saturated rings. The van der Waals surface area contributed by atoms with Crippen molar-refractivity contribution in [2.45, 2.75) is 39.5 Å². The van der Waals surface area contributed by atoms with E-state index in [1.807, 2.05) is 13.8 Å². The van der Waals surface area contributed by atoms with Gasteiger partial charge < -0.3 is 9.84 Å². The third-order valence-corrected chi connectivity index (χ3v) is 4.09. The Balaban J connectivity index is 1.98. The standard InChI is InChI=1S/C12H20N2O2S/c1-8-4-14(5-11(7-15)16-8)6-12-13-9(2)10(3)17-12/h8,11,15H,4-7H2,1-3H3. The van der Waals surface area contributed by atoms with E-state index in [-0.39, 0.29) is 18.8 Å². The van der Waals surface area contributed by atoms with Crippen LogP contribution in [0, 0.1) is 13.8 Å². The van der Waals surface area contributed by atoms with Crippen LogP contribution in [0.3, 0.4) is 0 Å². The summed E-state index contributed by atoms with van der Waals surface area (Å²) in [5, 5.41) is 10.3. The first-order valence-electron chi connectivity index (χ1n) is 6.00. The number of ether oxygens (including phenoxy) is 1. The van der Waals surface area contributed by atoms with E-state index in [1.54, 1.807) is 11.3 Å². The lowest BCUT2D eigenvalue weighted by Gasteiger charge is -2.35. The van der Waals surface area contributed by atoms with E-state index < -0.39 is 0 Å². The van der Waals surface area contributed by atoms with Crippen molar-refractivity contribution in [3.63, 3.8) is 0 Å². The number of aromatic nitrogens is 1. The van der Waals surface area contributed by atoms with Crippen LogP contribution in [0.5, 0.6) is 0 Å². The molecular weight excluding hydrogens is 236 g/mol. The van der Waals surface area contributed by atoms with E-state index in [1.165, 1.54) is 4.88 Å². The van der Waals surface area contributed by atoms with Crippen LogP contribution in [0.2, 0.25) is 0 Å². The van der Waals surface area contributed by atoms with E-state index in [0.29, 0.717) is 0 Å². The molecule has 2 heterocycles. The number of hydrogen-bond acceptors (Lipinski definition) is 5. The highest BCUT2D eigenvalue weighted by atomic mass is 32.1. The Morgan fingerprint density at radius 3 is 2.82 bits per heavy atom. The molecule has 0 aliphatic carbocycles. The van der Waals surface area contributed by atoms with Crippen molar-refractivity contribution in [1.82, 2.24) is 9.88 Å². The molecule has 1 aromatic heterocycles. The van der Waals surface area contributed by atoms with Gasteiger partial charge in [-0.2, -0.15) is 0 Å². The summed E-state index contributed by atoms with van der Waals surface area (Å²) in [6.45, 7) is 8.86. The number of nitrogens with zero attached hydrogens (tertiary/aromatic N) is 2. The van der Waals surface area contributed by atoms with E-state index in [4.69, 9.17) is 4.74 Å². The number of rotatable bonds is 3. The summed E-state index contributed by atoms with van der Waals surface area (Å²) in [6, 6.07) is 0. The van der Waals surface area contributed by atoms with Crippen LogP contribution in [-0.4, -0.2) is 46.9 Å². The normalized spacial score (nSPS) is 26.4. The fourth-order valence-corrected chi connectivity index (χ4v) is 3.15. The van der Waals surface area contributed by atoms with E-state index in [0.717, 1.165) is 30.3 Å². The van der Waals surface area contributed by atoms with Gasteiger partial charge in [-0.05, 0) is 20.8 Å². The minimum atomic E-state index is -0.0547. The van der Waals surface area contributed by atoms with Gasteiger partial charge >= 0.3 is 0 Å². The van der Waals surface area contributed by atoms with Crippen molar-refractivity contribution in [2.75, 3.05) is 19.7 Å². The third kappa shape index (κ3) is 3.25. The van der Waals surface area contributed by atoms with Gasteiger partial charge in [-0.15, -0.1) is 11.3 Å². The Morgan fingerprint density at radius 1 is 1.47 bits per heavy atom. The molecule has 1 saturated heterocycles. The van der Waals surface area contributed by atoms with Crippen LogP contribution in [0.15, 0.2) is 0 Å². The molecule has 1 aromatic rings. The first kappa shape index (κ1) is 13.0. The highest BCUT2D eigenvalue weighted by Crippen LogP contribution is 2.20. The maximum absolute atomic E-state index is 9.18. The SMILES string of the molecule is Cc1nc(CN2CC(C)OC(CO)C2)sc1C. The molecule has 2 rings (SSSR count). The number of aryl methyl sites for hydroxylation is 2. The van der Waals surface area contributed by atoms with E-state index >= 15 is 0 Å². The summed E-state index contributed by atoms with van der Waals surface area (Å²) in [5.41, 5.74) is 1.13. The zero-order valence-electron chi connectivity index (χ0n) is 10.6. The van der Waals surface area contributed by atoms with Crippen LogP contribution < -0.4 is 0 Å². The fraction of sp³-hybridized carbons (Fsp3) is 0.750. The number of aliphatic hydroxyl groups is 1. The first-order valence-corrected chi connectivity index (χ1v) is 6.81. The Hall–Kier alpha value is -0.490. The summed E-state index contributed by atoms with van der Waals surface area (Å²) < 4.78 is 5.62. The zero-order chi connectivity index (χ0) is 12.4. The maximum Gasteiger partial charge on any atom is 0.107 e. The Bertz CT molecular complexity index is 361. The van der Waals surface area contributed by atoms with Crippen LogP contribution in [0.4, 0.5) is 0 Å². The number of hydrogen-bond donors (Lipinski definition) is 1. The molecule has 4 nitrogen and oxygen atoms in total. The van der Waals surface area contributed by atoms with Crippen molar-refractivity contribution < 1.29 is 9.84 Å². The average Bonchev–Trinajstić information content (AvgIpc) is 2.57. The summed E-state index contributed by atoms with van der Waals surface area (Å²) in [7, 11) is 0. The summed E-state index contributed by atoms with van der Waals surface area (Å²) in [4.78, 5) is 8.16. The van der Waals surface area contributed by atoms with Gasteiger partial charge in [0, 0.05) is 18.0 Å². The molecule has 96 valence electrons. The lowest BCUT2D eigenvalue weighted by molar-refractivity contribution is -0.0972. The monoisotopic (exact) mass is 256 g/mol. The molecule has 5 heteroatoms. The minimum Gasteiger partial charge on any atom is -0.394 e. The quantitative estimate of drug-likeness (QED) is 0.886. The lowest BCUT2D eigenvalue weighted by Crippen LogP contribution is -2.47. The predicted molar refractivity (Wildman–Crippen MR) is 68.3 cm³/mol. The van der Waals surface area contributed by atoms with Crippen LogP contribution in [0.1, 0.15) is 22.5 Å². The molecule has 1 aliphatic heterocycles. The largest absolute Gasteiger partial charge is 0.394 e. The molecule has 2 atom stereocenters. The number of aliphatic hydroxyl groups excluding tert-OH is 1.